The molecule has 5 fully saturated rings. The van der Waals surface area contributed by atoms with Crippen molar-refractivity contribution >= 4 is 5.91 Å². The van der Waals surface area contributed by atoms with Crippen molar-refractivity contribution in [2.24, 2.45) is 34.5 Å². The summed E-state index contributed by atoms with van der Waals surface area (Å²) >= 11 is 0. The molecule has 1 amide bonds. The molecule has 1 spiro atoms. The molecule has 0 radical (unpaired) electrons. The van der Waals surface area contributed by atoms with Crippen LogP contribution in [0.1, 0.15) is 78.1 Å². The van der Waals surface area contributed by atoms with Crippen molar-refractivity contribution in [3.8, 4) is 0 Å². The molecule has 6 rings (SSSR count). The van der Waals surface area contributed by atoms with E-state index >= 15 is 0 Å². The number of likely N-dealkylation sites (N-methyl/N-ethyl adjacent to an activating group) is 1. The Morgan fingerprint density at radius 2 is 1.84 bits per heavy atom. The number of hydrogen-bond acceptors (Lipinski definition) is 3. The van der Waals surface area contributed by atoms with Crippen molar-refractivity contribution in [2.45, 2.75) is 95.7 Å². The van der Waals surface area contributed by atoms with Gasteiger partial charge in [-0.1, -0.05) is 18.6 Å². The molecule has 8 atom stereocenters. The normalized spacial score (nSPS) is 50.0. The molecule has 1 heterocycles. The molecule has 172 valence electrons. The molecule has 0 aromatic carbocycles. The van der Waals surface area contributed by atoms with Crippen LogP contribution in [0.5, 0.6) is 0 Å². The van der Waals surface area contributed by atoms with E-state index in [2.05, 4.69) is 31.9 Å². The Labute approximate surface area is 188 Å². The van der Waals surface area contributed by atoms with Gasteiger partial charge in [0.15, 0.2) is 0 Å². The highest BCUT2D eigenvalue weighted by atomic mass is 16.3. The summed E-state index contributed by atoms with van der Waals surface area (Å²) in [6.07, 6.45) is 14.3. The van der Waals surface area contributed by atoms with Gasteiger partial charge in [-0.2, -0.15) is 0 Å². The number of amides is 1. The summed E-state index contributed by atoms with van der Waals surface area (Å²) in [6.45, 7) is 6.37. The lowest BCUT2D eigenvalue weighted by Crippen LogP contribution is -2.53. The van der Waals surface area contributed by atoms with Crippen LogP contribution in [0.2, 0.25) is 0 Å². The molecule has 1 aliphatic heterocycles. The number of carbonyl (C=O) groups excluding carboxylic acids is 1. The summed E-state index contributed by atoms with van der Waals surface area (Å²) in [4.78, 5) is 17.3. The molecule has 4 heteroatoms. The van der Waals surface area contributed by atoms with Gasteiger partial charge < -0.3 is 14.9 Å². The molecular formula is C27H42N2O2. The Morgan fingerprint density at radius 3 is 2.58 bits per heavy atom. The van der Waals surface area contributed by atoms with Gasteiger partial charge in [-0.25, -0.2) is 0 Å². The topological polar surface area (TPSA) is 43.8 Å². The Kier molecular flexibility index (Phi) is 4.41. The average Bonchev–Trinajstić information content (AvgIpc) is 3.32. The Hall–Kier alpha value is -0.870. The van der Waals surface area contributed by atoms with Gasteiger partial charge in [-0.3, -0.25) is 4.79 Å². The predicted molar refractivity (Wildman–Crippen MR) is 122 cm³/mol. The maximum Gasteiger partial charge on any atom is 0.254 e. The zero-order chi connectivity index (χ0) is 21.8. The molecule has 31 heavy (non-hydrogen) atoms. The first-order chi connectivity index (χ1) is 14.7. The average molecular weight is 427 g/mol. The quantitative estimate of drug-likeness (QED) is 0.672. The summed E-state index contributed by atoms with van der Waals surface area (Å²) in [7, 11) is 4.29. The minimum atomic E-state index is -1.04. The van der Waals surface area contributed by atoms with E-state index in [0.29, 0.717) is 23.7 Å². The second-order valence-corrected chi connectivity index (χ2v) is 12.7. The lowest BCUT2D eigenvalue weighted by atomic mass is 9.47. The van der Waals surface area contributed by atoms with Gasteiger partial charge in [0.05, 0.1) is 0 Å². The van der Waals surface area contributed by atoms with E-state index < -0.39 is 5.60 Å². The number of aliphatic hydroxyl groups is 1. The van der Waals surface area contributed by atoms with Crippen molar-refractivity contribution < 1.29 is 9.90 Å². The molecule has 1 N–H and O–H groups in total. The number of fused-ring (bicyclic) bond motifs is 4. The fourth-order valence-electron chi connectivity index (χ4n) is 9.60. The standard InChI is InChI=1S/C27H42N2O2/c1-17-21-7-8-23-20-6-5-18-15-19(29(4)24(30)27(31)13-14-27)9-11-25(18,2)22(20)10-12-26(21,23)16-28(17)3/h5,17,19-23,31H,6-16H2,1-4H3/t17-,19-,20+,21+,22-,23-,25-,26-/m0/s1. The third-order valence-corrected chi connectivity index (χ3v) is 11.7. The third kappa shape index (κ3) is 2.70. The largest absolute Gasteiger partial charge is 0.380 e. The van der Waals surface area contributed by atoms with Crippen molar-refractivity contribution in [3.63, 3.8) is 0 Å². The number of rotatable bonds is 2. The Bertz CT molecular complexity index is 818. The van der Waals surface area contributed by atoms with Gasteiger partial charge in [0.1, 0.15) is 5.60 Å². The number of allylic oxidation sites excluding steroid dienone is 1. The van der Waals surface area contributed by atoms with E-state index in [0.717, 1.165) is 42.6 Å². The summed E-state index contributed by atoms with van der Waals surface area (Å²) in [6, 6.07) is 1.03. The van der Waals surface area contributed by atoms with Crippen LogP contribution in [0.3, 0.4) is 0 Å². The Morgan fingerprint density at radius 1 is 1.10 bits per heavy atom. The molecule has 0 aromatic heterocycles. The molecular weight excluding hydrogens is 384 g/mol. The van der Waals surface area contributed by atoms with Crippen LogP contribution in [-0.4, -0.2) is 59.1 Å². The number of nitrogens with zero attached hydrogens (tertiary/aromatic N) is 2. The third-order valence-electron chi connectivity index (χ3n) is 11.7. The van der Waals surface area contributed by atoms with E-state index in [-0.39, 0.29) is 11.9 Å². The highest BCUT2D eigenvalue weighted by Gasteiger charge is 2.64. The van der Waals surface area contributed by atoms with Crippen LogP contribution in [0.25, 0.3) is 0 Å². The SMILES string of the molecule is C[C@H]1[C@H]2CC[C@H]3[C@@H]4CC=C5C[C@@H](N(C)C(=O)C6(O)CC6)CC[C@]5(C)[C@H]4CC[C@]23CN1C. The smallest absolute Gasteiger partial charge is 0.254 e. The molecule has 4 saturated carbocycles. The first kappa shape index (κ1) is 20.7. The predicted octanol–water partition coefficient (Wildman–Crippen LogP) is 4.23. The van der Waals surface area contributed by atoms with Gasteiger partial charge in [-0.05, 0) is 113 Å². The number of hydrogen-bond donors (Lipinski definition) is 1. The highest BCUT2D eigenvalue weighted by molar-refractivity contribution is 5.87. The summed E-state index contributed by atoms with van der Waals surface area (Å²) in [5.74, 6) is 3.51. The molecule has 0 aromatic rings. The summed E-state index contributed by atoms with van der Waals surface area (Å²) in [5.41, 5.74) is 1.52. The fourth-order valence-corrected chi connectivity index (χ4v) is 9.60. The van der Waals surface area contributed by atoms with Crippen LogP contribution < -0.4 is 0 Å². The maximum atomic E-state index is 12.7. The van der Waals surface area contributed by atoms with Gasteiger partial charge in [0.2, 0.25) is 0 Å². The van der Waals surface area contributed by atoms with E-state index in [4.69, 9.17) is 0 Å². The minimum Gasteiger partial charge on any atom is -0.380 e. The maximum absolute atomic E-state index is 12.7. The number of likely N-dealkylation sites (tertiary alicyclic amines) is 1. The number of carbonyl (C=O) groups is 1. The van der Waals surface area contributed by atoms with Crippen LogP contribution in [0.4, 0.5) is 0 Å². The zero-order valence-electron chi connectivity index (χ0n) is 20.1. The second-order valence-electron chi connectivity index (χ2n) is 12.7. The fraction of sp³-hybridized carbons (Fsp3) is 0.889. The molecule has 6 aliphatic rings. The lowest BCUT2D eigenvalue weighted by molar-refractivity contribution is -0.144. The van der Waals surface area contributed by atoms with Gasteiger partial charge in [0, 0.05) is 25.7 Å². The summed E-state index contributed by atoms with van der Waals surface area (Å²) in [5, 5.41) is 10.3. The van der Waals surface area contributed by atoms with Crippen LogP contribution in [0.15, 0.2) is 11.6 Å². The zero-order valence-corrected chi connectivity index (χ0v) is 20.1. The molecule has 0 unspecified atom stereocenters. The molecule has 1 saturated heterocycles. The highest BCUT2D eigenvalue weighted by Crippen LogP contribution is 2.68. The van der Waals surface area contributed by atoms with Gasteiger partial charge in [-0.15, -0.1) is 0 Å². The second kappa shape index (κ2) is 6.59. The van der Waals surface area contributed by atoms with Crippen molar-refractivity contribution in [1.29, 1.82) is 0 Å². The van der Waals surface area contributed by atoms with E-state index in [9.17, 15) is 9.90 Å². The van der Waals surface area contributed by atoms with E-state index in [1.54, 1.807) is 5.57 Å². The van der Waals surface area contributed by atoms with Gasteiger partial charge >= 0.3 is 0 Å². The molecule has 4 nitrogen and oxygen atoms in total. The molecule has 0 bridgehead atoms. The molecule has 5 aliphatic carbocycles. The van der Waals surface area contributed by atoms with E-state index in [1.807, 2.05) is 11.9 Å². The van der Waals surface area contributed by atoms with Crippen molar-refractivity contribution in [2.75, 3.05) is 20.6 Å². The monoisotopic (exact) mass is 426 g/mol. The first-order valence-electron chi connectivity index (χ1n) is 13.1. The summed E-state index contributed by atoms with van der Waals surface area (Å²) < 4.78 is 0. The van der Waals surface area contributed by atoms with Crippen LogP contribution in [-0.2, 0) is 4.79 Å². The van der Waals surface area contributed by atoms with Crippen molar-refractivity contribution in [3.05, 3.63) is 11.6 Å². The van der Waals surface area contributed by atoms with Crippen LogP contribution >= 0.6 is 0 Å². The Balaban J connectivity index is 1.23. The lowest BCUT2D eigenvalue weighted by Gasteiger charge is -2.58. The minimum absolute atomic E-state index is 0.0357. The van der Waals surface area contributed by atoms with Crippen LogP contribution in [0, 0.1) is 34.5 Å². The van der Waals surface area contributed by atoms with Gasteiger partial charge in [0.25, 0.3) is 5.91 Å². The van der Waals surface area contributed by atoms with E-state index in [1.165, 1.54) is 45.1 Å². The van der Waals surface area contributed by atoms with Crippen molar-refractivity contribution in [1.82, 2.24) is 9.80 Å². The first-order valence-corrected chi connectivity index (χ1v) is 13.1.